The van der Waals surface area contributed by atoms with E-state index in [9.17, 15) is 14.4 Å². The highest BCUT2D eigenvalue weighted by Crippen LogP contribution is 2.28. The summed E-state index contributed by atoms with van der Waals surface area (Å²) < 4.78 is 0. The third-order valence-corrected chi connectivity index (χ3v) is 5.59. The highest BCUT2D eigenvalue weighted by molar-refractivity contribution is 6.30. The van der Waals surface area contributed by atoms with Crippen LogP contribution in [0.15, 0.2) is 36.7 Å². The Morgan fingerprint density at radius 2 is 1.80 bits per heavy atom. The van der Waals surface area contributed by atoms with Gasteiger partial charge in [0.05, 0.1) is 10.7 Å². The lowest BCUT2D eigenvalue weighted by molar-refractivity contribution is -0.130. The summed E-state index contributed by atoms with van der Waals surface area (Å²) in [6, 6.07) is 6.66. The van der Waals surface area contributed by atoms with Gasteiger partial charge in [-0.25, -0.2) is 9.97 Å². The Balaban J connectivity index is 1.63. The van der Waals surface area contributed by atoms with E-state index in [0.717, 1.165) is 12.8 Å². The number of nitrogens with one attached hydrogen (secondary N) is 2. The molecule has 158 valence electrons. The number of anilines is 2. The normalized spacial score (nSPS) is 18.4. The molecule has 2 heterocycles. The first kappa shape index (κ1) is 21.7. The Morgan fingerprint density at radius 3 is 2.43 bits per heavy atom. The number of pyridine rings is 2. The van der Waals surface area contributed by atoms with Gasteiger partial charge >= 0.3 is 0 Å². The zero-order chi connectivity index (χ0) is 21.7. The van der Waals surface area contributed by atoms with Crippen LogP contribution in [0.5, 0.6) is 0 Å². The van der Waals surface area contributed by atoms with E-state index in [-0.39, 0.29) is 29.5 Å². The molecule has 0 unspecified atom stereocenters. The molecule has 0 bridgehead atoms. The molecule has 3 rings (SSSR count). The molecular weight excluding hydrogens is 406 g/mol. The fraction of sp³-hybridized carbons (Fsp3) is 0.381. The molecule has 1 aliphatic rings. The lowest BCUT2D eigenvalue weighted by atomic mass is 9.85. The number of rotatable bonds is 5. The van der Waals surface area contributed by atoms with Crippen LogP contribution < -0.4 is 10.6 Å². The number of nitrogens with zero attached hydrogens (tertiary/aromatic N) is 3. The summed E-state index contributed by atoms with van der Waals surface area (Å²) >= 11 is 5.81. The van der Waals surface area contributed by atoms with Crippen molar-refractivity contribution in [1.82, 2.24) is 14.9 Å². The SMILES string of the molecule is CC(=O)N(C)C1CCC(C(=O)Nc2cccnc2C(=O)Nc2ccc(Cl)cn2)CC1. The number of carbonyl (C=O) groups excluding carboxylic acids is 3. The number of amides is 3. The fourth-order valence-corrected chi connectivity index (χ4v) is 3.64. The molecule has 0 saturated heterocycles. The molecule has 1 fully saturated rings. The lowest BCUT2D eigenvalue weighted by Gasteiger charge is -2.33. The maximum atomic E-state index is 12.8. The van der Waals surface area contributed by atoms with Gasteiger partial charge in [0.1, 0.15) is 5.82 Å². The van der Waals surface area contributed by atoms with Crippen LogP contribution in [-0.4, -0.2) is 45.7 Å². The van der Waals surface area contributed by atoms with Gasteiger partial charge in [-0.15, -0.1) is 0 Å². The van der Waals surface area contributed by atoms with Crippen LogP contribution in [0, 0.1) is 5.92 Å². The second-order valence-electron chi connectivity index (χ2n) is 7.34. The van der Waals surface area contributed by atoms with Crippen molar-refractivity contribution in [3.63, 3.8) is 0 Å². The number of halogens is 1. The second kappa shape index (κ2) is 9.67. The molecule has 9 heteroatoms. The Labute approximate surface area is 180 Å². The maximum Gasteiger partial charge on any atom is 0.277 e. The summed E-state index contributed by atoms with van der Waals surface area (Å²) in [6.45, 7) is 1.55. The molecule has 1 saturated carbocycles. The zero-order valence-electron chi connectivity index (χ0n) is 16.9. The van der Waals surface area contributed by atoms with Crippen molar-refractivity contribution in [3.05, 3.63) is 47.4 Å². The van der Waals surface area contributed by atoms with E-state index in [0.29, 0.717) is 29.4 Å². The van der Waals surface area contributed by atoms with Gasteiger partial charge in [0.15, 0.2) is 5.69 Å². The Morgan fingerprint density at radius 1 is 1.07 bits per heavy atom. The molecule has 0 aromatic carbocycles. The van der Waals surface area contributed by atoms with E-state index in [1.54, 1.807) is 43.1 Å². The van der Waals surface area contributed by atoms with Crippen LogP contribution >= 0.6 is 11.6 Å². The van der Waals surface area contributed by atoms with Gasteiger partial charge in [0, 0.05) is 38.3 Å². The van der Waals surface area contributed by atoms with E-state index in [4.69, 9.17) is 11.6 Å². The summed E-state index contributed by atoms with van der Waals surface area (Å²) in [5, 5.41) is 5.95. The highest BCUT2D eigenvalue weighted by Gasteiger charge is 2.29. The summed E-state index contributed by atoms with van der Waals surface area (Å²) in [4.78, 5) is 46.8. The van der Waals surface area contributed by atoms with Crippen molar-refractivity contribution in [2.45, 2.75) is 38.6 Å². The zero-order valence-corrected chi connectivity index (χ0v) is 17.6. The monoisotopic (exact) mass is 429 g/mol. The Kier molecular flexibility index (Phi) is 6.99. The first-order chi connectivity index (χ1) is 14.3. The van der Waals surface area contributed by atoms with Gasteiger partial charge in [-0.1, -0.05) is 11.6 Å². The minimum absolute atomic E-state index is 0.0316. The third kappa shape index (κ3) is 5.33. The van der Waals surface area contributed by atoms with Crippen LogP contribution in [0.2, 0.25) is 5.02 Å². The molecule has 2 N–H and O–H groups in total. The van der Waals surface area contributed by atoms with E-state index in [1.165, 1.54) is 12.4 Å². The molecule has 2 aromatic rings. The van der Waals surface area contributed by atoms with Gasteiger partial charge in [0.2, 0.25) is 11.8 Å². The molecule has 2 aromatic heterocycles. The van der Waals surface area contributed by atoms with Crippen LogP contribution in [0.3, 0.4) is 0 Å². The van der Waals surface area contributed by atoms with Gasteiger partial charge in [-0.3, -0.25) is 14.4 Å². The fourth-order valence-electron chi connectivity index (χ4n) is 3.53. The molecule has 0 aliphatic heterocycles. The molecule has 30 heavy (non-hydrogen) atoms. The molecular formula is C21H24ClN5O3. The summed E-state index contributed by atoms with van der Waals surface area (Å²) in [6.07, 6.45) is 5.84. The smallest absolute Gasteiger partial charge is 0.277 e. The minimum Gasteiger partial charge on any atom is -0.343 e. The Hall–Kier alpha value is -3.00. The minimum atomic E-state index is -0.479. The average molecular weight is 430 g/mol. The van der Waals surface area contributed by atoms with Crippen molar-refractivity contribution < 1.29 is 14.4 Å². The van der Waals surface area contributed by atoms with E-state index in [2.05, 4.69) is 20.6 Å². The summed E-state index contributed by atoms with van der Waals surface area (Å²) in [5.74, 6) is -0.432. The van der Waals surface area contributed by atoms with Crippen LogP contribution in [0.25, 0.3) is 0 Å². The molecule has 0 radical (unpaired) electrons. The highest BCUT2D eigenvalue weighted by atomic mass is 35.5. The first-order valence-electron chi connectivity index (χ1n) is 9.77. The quantitative estimate of drug-likeness (QED) is 0.758. The largest absolute Gasteiger partial charge is 0.343 e. The van der Waals surface area contributed by atoms with Gasteiger partial charge in [0.25, 0.3) is 5.91 Å². The molecule has 0 spiro atoms. The molecule has 1 aliphatic carbocycles. The van der Waals surface area contributed by atoms with Crippen molar-refractivity contribution in [2.75, 3.05) is 17.7 Å². The number of hydrogen-bond donors (Lipinski definition) is 2. The number of aromatic nitrogens is 2. The van der Waals surface area contributed by atoms with Crippen molar-refractivity contribution in [3.8, 4) is 0 Å². The van der Waals surface area contributed by atoms with Crippen LogP contribution in [0.4, 0.5) is 11.5 Å². The van der Waals surface area contributed by atoms with Gasteiger partial charge in [-0.2, -0.15) is 0 Å². The van der Waals surface area contributed by atoms with Crippen molar-refractivity contribution in [2.24, 2.45) is 5.92 Å². The van der Waals surface area contributed by atoms with E-state index >= 15 is 0 Å². The predicted molar refractivity (Wildman–Crippen MR) is 114 cm³/mol. The van der Waals surface area contributed by atoms with Gasteiger partial charge in [-0.05, 0) is 49.9 Å². The molecule has 0 atom stereocenters. The number of carbonyl (C=O) groups is 3. The van der Waals surface area contributed by atoms with E-state index in [1.807, 2.05) is 0 Å². The lowest BCUT2D eigenvalue weighted by Crippen LogP contribution is -2.40. The van der Waals surface area contributed by atoms with E-state index < -0.39 is 5.91 Å². The Bertz CT molecular complexity index is 926. The maximum absolute atomic E-state index is 12.8. The van der Waals surface area contributed by atoms with Crippen molar-refractivity contribution >= 4 is 40.8 Å². The molecule has 3 amide bonds. The third-order valence-electron chi connectivity index (χ3n) is 5.36. The van der Waals surface area contributed by atoms with Gasteiger partial charge < -0.3 is 15.5 Å². The summed E-state index contributed by atoms with van der Waals surface area (Å²) in [5.41, 5.74) is 0.449. The summed E-state index contributed by atoms with van der Waals surface area (Å²) in [7, 11) is 1.80. The number of hydrogen-bond acceptors (Lipinski definition) is 5. The van der Waals surface area contributed by atoms with Crippen LogP contribution in [-0.2, 0) is 9.59 Å². The predicted octanol–water partition coefficient (Wildman–Crippen LogP) is 3.36. The average Bonchev–Trinajstić information content (AvgIpc) is 2.75. The van der Waals surface area contributed by atoms with Crippen molar-refractivity contribution in [1.29, 1.82) is 0 Å². The first-order valence-corrected chi connectivity index (χ1v) is 10.1. The molecule has 8 nitrogen and oxygen atoms in total. The standard InChI is InChI=1S/C21H24ClN5O3/c1-13(28)27(2)16-8-5-14(6-9-16)20(29)25-17-4-3-11-23-19(17)21(30)26-18-10-7-15(22)12-24-18/h3-4,7,10-12,14,16H,5-6,8-9H2,1-2H3,(H,25,29)(H,24,26,30). The van der Waals surface area contributed by atoms with Crippen LogP contribution in [0.1, 0.15) is 43.1 Å². The topological polar surface area (TPSA) is 104 Å². The second-order valence-corrected chi connectivity index (χ2v) is 7.78.